The van der Waals surface area contributed by atoms with Crippen LogP contribution in [0.25, 0.3) is 10.8 Å². The van der Waals surface area contributed by atoms with Gasteiger partial charge >= 0.3 is 5.97 Å². The van der Waals surface area contributed by atoms with Crippen LogP contribution in [0.3, 0.4) is 0 Å². The Hall–Kier alpha value is -3.15. The van der Waals surface area contributed by atoms with Crippen LogP contribution < -0.4 is 5.32 Å². The quantitative estimate of drug-likeness (QED) is 0.730. The molecule has 0 saturated carbocycles. The Kier molecular flexibility index (Phi) is 4.56. The van der Waals surface area contributed by atoms with Gasteiger partial charge in [0.2, 0.25) is 5.91 Å². The molecular weight excluding hydrogens is 306 g/mol. The summed E-state index contributed by atoms with van der Waals surface area (Å²) in [6.45, 7) is 0.0358. The van der Waals surface area contributed by atoms with Crippen LogP contribution in [0, 0.1) is 0 Å². The molecule has 1 atom stereocenters. The molecule has 0 aliphatic heterocycles. The van der Waals surface area contributed by atoms with Crippen LogP contribution >= 0.6 is 0 Å². The number of carbonyl (C=O) groups is 2. The first kappa shape index (κ1) is 15.7. The van der Waals surface area contributed by atoms with Gasteiger partial charge in [0.05, 0.1) is 7.11 Å². The van der Waals surface area contributed by atoms with Crippen molar-refractivity contribution in [1.29, 1.82) is 0 Å². The Morgan fingerprint density at radius 1 is 1.17 bits per heavy atom. The molecule has 1 heterocycles. The second-order valence-corrected chi connectivity index (χ2v) is 5.33. The van der Waals surface area contributed by atoms with Crippen molar-refractivity contribution in [2.75, 3.05) is 7.11 Å². The summed E-state index contributed by atoms with van der Waals surface area (Å²) in [6.07, 6.45) is 3.27. The average molecular weight is 323 g/mol. The molecule has 122 valence electrons. The summed E-state index contributed by atoms with van der Waals surface area (Å²) in [5.74, 6) is -0.832. The van der Waals surface area contributed by atoms with Gasteiger partial charge in [-0.05, 0) is 28.5 Å². The number of rotatable bonds is 5. The van der Waals surface area contributed by atoms with Gasteiger partial charge in [-0.1, -0.05) is 36.4 Å². The lowest BCUT2D eigenvalue weighted by Crippen LogP contribution is -2.36. The number of ether oxygens (including phenoxy) is 1. The maximum Gasteiger partial charge on any atom is 0.333 e. The number of benzene rings is 2. The lowest BCUT2D eigenvalue weighted by Gasteiger charge is -2.17. The highest BCUT2D eigenvalue weighted by atomic mass is 16.5. The molecule has 3 aromatic rings. The number of methoxy groups -OCH3 is 1. The molecular formula is C18H17N3O3. The standard InChI is InChI=1S/C18H17N3O3/c1-24-18(23)17(20-16(22)12-21-10-4-9-19-21)15-8-7-13-5-2-3-6-14(13)11-15/h2-11,17H,12H2,1H3,(H,20,22)/t17-/m0/s1. The molecule has 0 spiro atoms. The molecule has 3 rings (SSSR count). The van der Waals surface area contributed by atoms with Gasteiger partial charge < -0.3 is 10.1 Å². The summed E-state index contributed by atoms with van der Waals surface area (Å²) < 4.78 is 6.33. The topological polar surface area (TPSA) is 73.2 Å². The maximum atomic E-state index is 12.2. The zero-order valence-corrected chi connectivity index (χ0v) is 13.2. The fourth-order valence-corrected chi connectivity index (χ4v) is 2.53. The zero-order valence-electron chi connectivity index (χ0n) is 13.2. The minimum Gasteiger partial charge on any atom is -0.467 e. The van der Waals surface area contributed by atoms with E-state index in [0.29, 0.717) is 5.56 Å². The highest BCUT2D eigenvalue weighted by Gasteiger charge is 2.24. The first-order chi connectivity index (χ1) is 11.7. The lowest BCUT2D eigenvalue weighted by atomic mass is 10.0. The van der Waals surface area contributed by atoms with E-state index in [-0.39, 0.29) is 12.5 Å². The number of amides is 1. The van der Waals surface area contributed by atoms with Crippen molar-refractivity contribution in [2.24, 2.45) is 0 Å². The van der Waals surface area contributed by atoms with Crippen molar-refractivity contribution >= 4 is 22.6 Å². The number of esters is 1. The van der Waals surface area contributed by atoms with Gasteiger partial charge in [-0.3, -0.25) is 9.48 Å². The molecule has 0 saturated heterocycles. The van der Waals surface area contributed by atoms with E-state index in [1.54, 1.807) is 18.5 Å². The second-order valence-electron chi connectivity index (χ2n) is 5.33. The Morgan fingerprint density at radius 2 is 1.96 bits per heavy atom. The zero-order chi connectivity index (χ0) is 16.9. The van der Waals surface area contributed by atoms with E-state index in [1.165, 1.54) is 11.8 Å². The van der Waals surface area contributed by atoms with E-state index in [2.05, 4.69) is 10.4 Å². The van der Waals surface area contributed by atoms with E-state index >= 15 is 0 Å². The van der Waals surface area contributed by atoms with Gasteiger partial charge in [0.15, 0.2) is 6.04 Å². The van der Waals surface area contributed by atoms with Crippen LogP contribution in [-0.2, 0) is 20.9 Å². The summed E-state index contributed by atoms with van der Waals surface area (Å²) >= 11 is 0. The number of carbonyl (C=O) groups excluding carboxylic acids is 2. The summed E-state index contributed by atoms with van der Waals surface area (Å²) in [5.41, 5.74) is 0.675. The molecule has 6 nitrogen and oxygen atoms in total. The van der Waals surface area contributed by atoms with Gasteiger partial charge in [0, 0.05) is 12.4 Å². The largest absolute Gasteiger partial charge is 0.467 e. The van der Waals surface area contributed by atoms with Crippen molar-refractivity contribution in [3.8, 4) is 0 Å². The van der Waals surface area contributed by atoms with Crippen molar-refractivity contribution in [3.05, 3.63) is 66.5 Å². The summed E-state index contributed by atoms with van der Waals surface area (Å²) in [6, 6.07) is 14.3. The monoisotopic (exact) mass is 323 g/mol. The Labute approximate surface area is 139 Å². The minimum atomic E-state index is -0.859. The molecule has 0 bridgehead atoms. The molecule has 24 heavy (non-hydrogen) atoms. The summed E-state index contributed by atoms with van der Waals surface area (Å²) in [7, 11) is 1.30. The normalized spacial score (nSPS) is 11.9. The number of hydrogen-bond donors (Lipinski definition) is 1. The Bertz CT molecular complexity index is 859. The van der Waals surface area contributed by atoms with Crippen LogP contribution in [-0.4, -0.2) is 28.8 Å². The first-order valence-corrected chi connectivity index (χ1v) is 7.50. The summed E-state index contributed by atoms with van der Waals surface area (Å²) in [5, 5.41) is 8.75. The van der Waals surface area contributed by atoms with Crippen LogP contribution in [0.15, 0.2) is 60.9 Å². The van der Waals surface area contributed by atoms with Gasteiger partial charge in [-0.25, -0.2) is 4.79 Å². The highest BCUT2D eigenvalue weighted by Crippen LogP contribution is 2.21. The third-order valence-corrected chi connectivity index (χ3v) is 3.71. The van der Waals surface area contributed by atoms with Gasteiger partial charge in [-0.15, -0.1) is 0 Å². The Morgan fingerprint density at radius 3 is 2.67 bits per heavy atom. The molecule has 0 aliphatic rings. The molecule has 6 heteroatoms. The molecule has 0 fully saturated rings. The van der Waals surface area contributed by atoms with Crippen molar-refractivity contribution in [2.45, 2.75) is 12.6 Å². The predicted molar refractivity (Wildman–Crippen MR) is 89.1 cm³/mol. The SMILES string of the molecule is COC(=O)[C@@H](NC(=O)Cn1cccn1)c1ccc2ccccc2c1. The molecule has 1 aromatic heterocycles. The molecule has 2 aromatic carbocycles. The second kappa shape index (κ2) is 6.95. The molecule has 0 aliphatic carbocycles. The number of fused-ring (bicyclic) bond motifs is 1. The fraction of sp³-hybridized carbons (Fsp3) is 0.167. The highest BCUT2D eigenvalue weighted by molar-refractivity contribution is 5.88. The van der Waals surface area contributed by atoms with Gasteiger partial charge in [0.1, 0.15) is 6.54 Å². The molecule has 1 amide bonds. The van der Waals surface area contributed by atoms with Crippen molar-refractivity contribution in [3.63, 3.8) is 0 Å². The predicted octanol–water partition coefficient (Wildman–Crippen LogP) is 2.07. The van der Waals surface area contributed by atoms with E-state index < -0.39 is 12.0 Å². The number of aromatic nitrogens is 2. The molecule has 0 unspecified atom stereocenters. The number of nitrogens with one attached hydrogen (secondary N) is 1. The number of nitrogens with zero attached hydrogens (tertiary/aromatic N) is 2. The van der Waals surface area contributed by atoms with Gasteiger partial charge in [-0.2, -0.15) is 5.10 Å². The van der Waals surface area contributed by atoms with E-state index in [4.69, 9.17) is 4.74 Å². The third kappa shape index (κ3) is 3.43. The Balaban J connectivity index is 1.84. The van der Waals surface area contributed by atoms with E-state index in [0.717, 1.165) is 10.8 Å². The van der Waals surface area contributed by atoms with Crippen molar-refractivity contribution < 1.29 is 14.3 Å². The van der Waals surface area contributed by atoms with Crippen LogP contribution in [0.2, 0.25) is 0 Å². The smallest absolute Gasteiger partial charge is 0.333 e. The fourth-order valence-electron chi connectivity index (χ4n) is 2.53. The van der Waals surface area contributed by atoms with Crippen molar-refractivity contribution in [1.82, 2.24) is 15.1 Å². The van der Waals surface area contributed by atoms with Crippen LogP contribution in [0.5, 0.6) is 0 Å². The third-order valence-electron chi connectivity index (χ3n) is 3.71. The van der Waals surface area contributed by atoms with E-state index in [9.17, 15) is 9.59 Å². The maximum absolute atomic E-state index is 12.2. The molecule has 1 N–H and O–H groups in total. The minimum absolute atomic E-state index is 0.0358. The van der Waals surface area contributed by atoms with Crippen LogP contribution in [0.4, 0.5) is 0 Å². The van der Waals surface area contributed by atoms with E-state index in [1.807, 2.05) is 42.5 Å². The number of hydrogen-bond acceptors (Lipinski definition) is 4. The lowest BCUT2D eigenvalue weighted by molar-refractivity contribution is -0.145. The van der Waals surface area contributed by atoms with Gasteiger partial charge in [0.25, 0.3) is 0 Å². The summed E-state index contributed by atoms with van der Waals surface area (Å²) in [4.78, 5) is 24.3. The average Bonchev–Trinajstić information content (AvgIpc) is 3.11. The van der Waals surface area contributed by atoms with Crippen LogP contribution in [0.1, 0.15) is 11.6 Å². The molecule has 0 radical (unpaired) electrons. The first-order valence-electron chi connectivity index (χ1n) is 7.50.